The smallest absolute Gasteiger partial charge is 0.262 e. The summed E-state index contributed by atoms with van der Waals surface area (Å²) in [4.78, 5) is 12.3. The fraction of sp³-hybridized carbons (Fsp3) is 0.174. The van der Waals surface area contributed by atoms with Crippen molar-refractivity contribution in [2.45, 2.75) is 6.42 Å². The third kappa shape index (κ3) is 5.65. The number of amides is 1. The molecule has 3 aromatic rings. The number of methoxy groups -OCH3 is 2. The van der Waals surface area contributed by atoms with Crippen molar-refractivity contribution in [1.29, 1.82) is 0 Å². The van der Waals surface area contributed by atoms with Gasteiger partial charge in [-0.3, -0.25) is 4.79 Å². The molecule has 29 heavy (non-hydrogen) atoms. The maximum Gasteiger partial charge on any atom is 0.262 e. The van der Waals surface area contributed by atoms with Gasteiger partial charge in [-0.15, -0.1) is 0 Å². The van der Waals surface area contributed by atoms with Gasteiger partial charge in [-0.05, 0) is 41.5 Å². The Bertz CT molecular complexity index is 976. The summed E-state index contributed by atoms with van der Waals surface area (Å²) in [6.45, 7) is -0.127. The molecule has 0 atom stereocenters. The molecule has 0 fully saturated rings. The molecule has 3 rings (SSSR count). The largest absolute Gasteiger partial charge is 0.493 e. The molecule has 3 aromatic carbocycles. The SMILES string of the molecule is COc1ccc(NC(=O)COc2ccc(Cl)cc2Cc2ccccc2)cc1OC. The Hall–Kier alpha value is -3.18. The Balaban J connectivity index is 1.66. The van der Waals surface area contributed by atoms with E-state index in [0.717, 1.165) is 11.1 Å². The van der Waals surface area contributed by atoms with E-state index in [9.17, 15) is 4.79 Å². The van der Waals surface area contributed by atoms with E-state index in [4.69, 9.17) is 25.8 Å². The number of carbonyl (C=O) groups excluding carboxylic acids is 1. The van der Waals surface area contributed by atoms with Crippen LogP contribution < -0.4 is 19.5 Å². The molecule has 1 amide bonds. The highest BCUT2D eigenvalue weighted by atomic mass is 35.5. The summed E-state index contributed by atoms with van der Waals surface area (Å²) in [7, 11) is 3.10. The molecule has 0 aliphatic carbocycles. The maximum absolute atomic E-state index is 12.3. The van der Waals surface area contributed by atoms with Gasteiger partial charge in [0.05, 0.1) is 14.2 Å². The molecule has 0 heterocycles. The van der Waals surface area contributed by atoms with E-state index in [1.807, 2.05) is 36.4 Å². The predicted octanol–water partition coefficient (Wildman–Crippen LogP) is 4.97. The van der Waals surface area contributed by atoms with E-state index in [2.05, 4.69) is 5.32 Å². The topological polar surface area (TPSA) is 56.8 Å². The van der Waals surface area contributed by atoms with Gasteiger partial charge in [0.2, 0.25) is 0 Å². The average molecular weight is 412 g/mol. The zero-order chi connectivity index (χ0) is 20.6. The zero-order valence-electron chi connectivity index (χ0n) is 16.3. The lowest BCUT2D eigenvalue weighted by Crippen LogP contribution is -2.20. The van der Waals surface area contributed by atoms with Crippen LogP contribution in [-0.2, 0) is 11.2 Å². The molecule has 5 nitrogen and oxygen atoms in total. The van der Waals surface area contributed by atoms with E-state index >= 15 is 0 Å². The summed E-state index contributed by atoms with van der Waals surface area (Å²) in [5.74, 6) is 1.47. The minimum Gasteiger partial charge on any atom is -0.493 e. The molecule has 0 aromatic heterocycles. The summed E-state index contributed by atoms with van der Waals surface area (Å²) in [5.41, 5.74) is 2.65. The van der Waals surface area contributed by atoms with Gasteiger partial charge in [0.25, 0.3) is 5.91 Å². The van der Waals surface area contributed by atoms with Crippen molar-refractivity contribution in [3.8, 4) is 17.2 Å². The van der Waals surface area contributed by atoms with Gasteiger partial charge < -0.3 is 19.5 Å². The Kier molecular flexibility index (Phi) is 6.98. The highest BCUT2D eigenvalue weighted by Crippen LogP contribution is 2.30. The molecule has 0 saturated heterocycles. The number of rotatable bonds is 8. The van der Waals surface area contributed by atoms with Gasteiger partial charge in [-0.2, -0.15) is 0 Å². The van der Waals surface area contributed by atoms with Crippen LogP contribution in [0.5, 0.6) is 17.2 Å². The molecule has 0 spiro atoms. The van der Waals surface area contributed by atoms with Crippen molar-refractivity contribution >= 4 is 23.2 Å². The second-order valence-corrected chi connectivity index (χ2v) is 6.76. The minimum absolute atomic E-state index is 0.127. The van der Waals surface area contributed by atoms with E-state index in [1.165, 1.54) is 0 Å². The van der Waals surface area contributed by atoms with Gasteiger partial charge in [0.15, 0.2) is 18.1 Å². The highest BCUT2D eigenvalue weighted by molar-refractivity contribution is 6.30. The summed E-state index contributed by atoms with van der Waals surface area (Å²) >= 11 is 6.15. The van der Waals surface area contributed by atoms with Crippen LogP contribution in [-0.4, -0.2) is 26.7 Å². The fourth-order valence-electron chi connectivity index (χ4n) is 2.90. The minimum atomic E-state index is -0.280. The second kappa shape index (κ2) is 9.85. The number of ether oxygens (including phenoxy) is 3. The monoisotopic (exact) mass is 411 g/mol. The van der Waals surface area contributed by atoms with Crippen molar-refractivity contribution in [1.82, 2.24) is 0 Å². The van der Waals surface area contributed by atoms with Gasteiger partial charge >= 0.3 is 0 Å². The fourth-order valence-corrected chi connectivity index (χ4v) is 3.09. The summed E-state index contributed by atoms with van der Waals surface area (Å²) in [5, 5.41) is 3.42. The normalized spacial score (nSPS) is 10.3. The summed E-state index contributed by atoms with van der Waals surface area (Å²) in [6, 6.07) is 20.6. The first-order chi connectivity index (χ1) is 14.1. The van der Waals surface area contributed by atoms with Crippen LogP contribution in [0.3, 0.4) is 0 Å². The van der Waals surface area contributed by atoms with Crippen LogP contribution in [0.4, 0.5) is 5.69 Å². The molecule has 150 valence electrons. The first-order valence-corrected chi connectivity index (χ1v) is 9.44. The number of benzene rings is 3. The highest BCUT2D eigenvalue weighted by Gasteiger charge is 2.11. The van der Waals surface area contributed by atoms with Gasteiger partial charge in [0, 0.05) is 23.2 Å². The Labute approximate surface area is 175 Å². The Morgan fingerprint density at radius 2 is 1.62 bits per heavy atom. The lowest BCUT2D eigenvalue weighted by atomic mass is 10.0. The van der Waals surface area contributed by atoms with Gasteiger partial charge in [0.1, 0.15) is 5.75 Å². The van der Waals surface area contributed by atoms with Crippen LogP contribution in [0.2, 0.25) is 5.02 Å². The number of anilines is 1. The summed E-state index contributed by atoms with van der Waals surface area (Å²) in [6.07, 6.45) is 0.661. The van der Waals surface area contributed by atoms with Crippen LogP contribution in [0.25, 0.3) is 0 Å². The third-order valence-electron chi connectivity index (χ3n) is 4.29. The molecule has 0 unspecified atom stereocenters. The van der Waals surface area contributed by atoms with Crippen LogP contribution >= 0.6 is 11.6 Å². The first-order valence-electron chi connectivity index (χ1n) is 9.06. The number of nitrogens with one attached hydrogen (secondary N) is 1. The lowest BCUT2D eigenvalue weighted by molar-refractivity contribution is -0.118. The second-order valence-electron chi connectivity index (χ2n) is 6.32. The molecule has 0 radical (unpaired) electrons. The standard InChI is InChI=1S/C23H22ClNO4/c1-27-21-11-9-19(14-22(21)28-2)25-23(26)15-29-20-10-8-18(24)13-17(20)12-16-6-4-3-5-7-16/h3-11,13-14H,12,15H2,1-2H3,(H,25,26). The molecule has 0 aliphatic heterocycles. The van der Waals surface area contributed by atoms with Crippen molar-refractivity contribution in [3.05, 3.63) is 82.9 Å². The van der Waals surface area contributed by atoms with E-state index in [-0.39, 0.29) is 12.5 Å². The Morgan fingerprint density at radius 3 is 2.34 bits per heavy atom. The van der Waals surface area contributed by atoms with Crippen molar-refractivity contribution < 1.29 is 19.0 Å². The van der Waals surface area contributed by atoms with Crippen LogP contribution in [0.1, 0.15) is 11.1 Å². The van der Waals surface area contributed by atoms with E-state index < -0.39 is 0 Å². The lowest BCUT2D eigenvalue weighted by Gasteiger charge is -2.13. The molecular weight excluding hydrogens is 390 g/mol. The van der Waals surface area contributed by atoms with Crippen molar-refractivity contribution in [3.63, 3.8) is 0 Å². The molecule has 0 saturated carbocycles. The quantitative estimate of drug-likeness (QED) is 0.568. The number of carbonyl (C=O) groups is 1. The predicted molar refractivity (Wildman–Crippen MR) is 114 cm³/mol. The molecule has 0 bridgehead atoms. The van der Waals surface area contributed by atoms with E-state index in [1.54, 1.807) is 44.6 Å². The molecule has 0 aliphatic rings. The third-order valence-corrected chi connectivity index (χ3v) is 4.52. The molecular formula is C23H22ClNO4. The van der Waals surface area contributed by atoms with Crippen LogP contribution in [0.15, 0.2) is 66.7 Å². The number of halogens is 1. The number of hydrogen-bond donors (Lipinski definition) is 1. The van der Waals surface area contributed by atoms with Crippen LogP contribution in [0, 0.1) is 0 Å². The zero-order valence-corrected chi connectivity index (χ0v) is 17.0. The van der Waals surface area contributed by atoms with Gasteiger partial charge in [-0.1, -0.05) is 41.9 Å². The molecule has 1 N–H and O–H groups in total. The molecule has 6 heteroatoms. The van der Waals surface area contributed by atoms with Crippen molar-refractivity contribution in [2.24, 2.45) is 0 Å². The van der Waals surface area contributed by atoms with Crippen molar-refractivity contribution in [2.75, 3.05) is 26.1 Å². The van der Waals surface area contributed by atoms with E-state index in [0.29, 0.717) is 34.4 Å². The van der Waals surface area contributed by atoms with Gasteiger partial charge in [-0.25, -0.2) is 0 Å². The number of hydrogen-bond acceptors (Lipinski definition) is 4. The first kappa shape index (κ1) is 20.6. The average Bonchev–Trinajstić information content (AvgIpc) is 2.74. The maximum atomic E-state index is 12.3. The summed E-state index contributed by atoms with van der Waals surface area (Å²) < 4.78 is 16.2. The Morgan fingerprint density at radius 1 is 0.897 bits per heavy atom.